The number of phenols is 1. The van der Waals surface area contributed by atoms with Crippen LogP contribution in [0.2, 0.25) is 0 Å². The van der Waals surface area contributed by atoms with Crippen LogP contribution >= 0.6 is 0 Å². The summed E-state index contributed by atoms with van der Waals surface area (Å²) in [6, 6.07) is 5.38. The third kappa shape index (κ3) is 0.935. The van der Waals surface area contributed by atoms with Gasteiger partial charge in [0.25, 0.3) is 0 Å². The van der Waals surface area contributed by atoms with E-state index >= 15 is 0 Å². The Morgan fingerprint density at radius 1 is 1.55 bits per heavy atom. The van der Waals surface area contributed by atoms with Crippen molar-refractivity contribution in [2.75, 3.05) is 7.05 Å². The first-order valence-corrected chi connectivity index (χ1v) is 3.47. The van der Waals surface area contributed by atoms with Crippen molar-refractivity contribution in [3.8, 4) is 11.5 Å². The second-order valence-electron chi connectivity index (χ2n) is 2.64. The van der Waals surface area contributed by atoms with E-state index in [9.17, 15) is 5.11 Å². The lowest BCUT2D eigenvalue weighted by Crippen LogP contribution is -2.13. The molecular formula is C8H9NO2. The number of para-hydroxylation sites is 1. The molecule has 0 amide bonds. The van der Waals surface area contributed by atoms with Gasteiger partial charge in [-0.25, -0.2) is 0 Å². The summed E-state index contributed by atoms with van der Waals surface area (Å²) in [5, 5.41) is 11.0. The van der Waals surface area contributed by atoms with E-state index in [1.165, 1.54) is 0 Å². The second-order valence-corrected chi connectivity index (χ2v) is 2.64. The molecule has 1 heterocycles. The fourth-order valence-electron chi connectivity index (χ4n) is 1.23. The number of benzene rings is 1. The molecule has 0 fully saturated rings. The van der Waals surface area contributed by atoms with Crippen molar-refractivity contribution in [1.29, 1.82) is 0 Å². The van der Waals surface area contributed by atoms with Crippen LogP contribution < -0.4 is 4.84 Å². The lowest BCUT2D eigenvalue weighted by Gasteiger charge is -2.05. The number of phenolic OH excluding ortho intramolecular Hbond substituents is 1. The molecule has 11 heavy (non-hydrogen) atoms. The van der Waals surface area contributed by atoms with Crippen LogP contribution in [0.1, 0.15) is 5.56 Å². The third-order valence-corrected chi connectivity index (χ3v) is 1.72. The predicted octanol–water partition coefficient (Wildman–Crippen LogP) is 1.13. The van der Waals surface area contributed by atoms with Gasteiger partial charge in [0.2, 0.25) is 0 Å². The van der Waals surface area contributed by atoms with Gasteiger partial charge in [-0.3, -0.25) is 0 Å². The molecule has 0 spiro atoms. The summed E-state index contributed by atoms with van der Waals surface area (Å²) in [7, 11) is 1.83. The smallest absolute Gasteiger partial charge is 0.193 e. The highest BCUT2D eigenvalue weighted by atomic mass is 16.7. The average molecular weight is 151 g/mol. The molecule has 1 aromatic carbocycles. The van der Waals surface area contributed by atoms with Gasteiger partial charge < -0.3 is 9.94 Å². The van der Waals surface area contributed by atoms with Crippen molar-refractivity contribution in [3.63, 3.8) is 0 Å². The molecule has 0 radical (unpaired) electrons. The van der Waals surface area contributed by atoms with Gasteiger partial charge >= 0.3 is 0 Å². The highest BCUT2D eigenvalue weighted by Crippen LogP contribution is 2.35. The average Bonchev–Trinajstić information content (AvgIpc) is 2.31. The number of hydrogen-bond donors (Lipinski definition) is 1. The van der Waals surface area contributed by atoms with Crippen molar-refractivity contribution < 1.29 is 9.94 Å². The zero-order valence-electron chi connectivity index (χ0n) is 6.24. The van der Waals surface area contributed by atoms with Crippen LogP contribution in [0.3, 0.4) is 0 Å². The van der Waals surface area contributed by atoms with Crippen LogP contribution in [-0.4, -0.2) is 17.2 Å². The molecule has 1 aromatic rings. The molecule has 0 atom stereocenters. The largest absolute Gasteiger partial charge is 0.504 e. The molecule has 1 aliphatic heterocycles. The van der Waals surface area contributed by atoms with E-state index in [1.807, 2.05) is 19.2 Å². The summed E-state index contributed by atoms with van der Waals surface area (Å²) in [4.78, 5) is 5.22. The first-order valence-electron chi connectivity index (χ1n) is 3.47. The summed E-state index contributed by atoms with van der Waals surface area (Å²) in [6.45, 7) is 0.740. The Labute approximate surface area is 64.8 Å². The monoisotopic (exact) mass is 151 g/mol. The zero-order valence-corrected chi connectivity index (χ0v) is 6.24. The Morgan fingerprint density at radius 2 is 2.36 bits per heavy atom. The normalized spacial score (nSPS) is 16.1. The molecule has 0 saturated carbocycles. The highest BCUT2D eigenvalue weighted by molar-refractivity contribution is 5.46. The quantitative estimate of drug-likeness (QED) is 0.603. The van der Waals surface area contributed by atoms with E-state index in [0.717, 1.165) is 12.1 Å². The minimum atomic E-state index is 0.215. The van der Waals surface area contributed by atoms with E-state index in [0.29, 0.717) is 5.75 Å². The van der Waals surface area contributed by atoms with E-state index < -0.39 is 0 Å². The Kier molecular flexibility index (Phi) is 1.26. The molecule has 2 rings (SSSR count). The number of nitrogens with zero attached hydrogens (tertiary/aromatic N) is 1. The number of rotatable bonds is 0. The molecule has 0 aromatic heterocycles. The summed E-state index contributed by atoms with van der Waals surface area (Å²) in [5.74, 6) is 0.807. The van der Waals surface area contributed by atoms with Crippen molar-refractivity contribution in [2.45, 2.75) is 6.54 Å². The number of hydrogen-bond acceptors (Lipinski definition) is 3. The first-order chi connectivity index (χ1) is 5.27. The summed E-state index contributed by atoms with van der Waals surface area (Å²) in [5.41, 5.74) is 1.03. The maximum absolute atomic E-state index is 9.30. The van der Waals surface area contributed by atoms with Crippen LogP contribution in [0.15, 0.2) is 18.2 Å². The van der Waals surface area contributed by atoms with Gasteiger partial charge in [-0.2, -0.15) is 0 Å². The topological polar surface area (TPSA) is 32.7 Å². The zero-order chi connectivity index (χ0) is 7.84. The van der Waals surface area contributed by atoms with Crippen LogP contribution in [0.4, 0.5) is 0 Å². The van der Waals surface area contributed by atoms with E-state index in [-0.39, 0.29) is 5.75 Å². The Morgan fingerprint density at radius 3 is 3.09 bits per heavy atom. The maximum Gasteiger partial charge on any atom is 0.193 e. The van der Waals surface area contributed by atoms with Gasteiger partial charge in [0.1, 0.15) is 0 Å². The maximum atomic E-state index is 9.30. The van der Waals surface area contributed by atoms with E-state index in [1.54, 1.807) is 11.1 Å². The van der Waals surface area contributed by atoms with Crippen LogP contribution in [0.5, 0.6) is 11.5 Å². The molecular weight excluding hydrogens is 142 g/mol. The molecule has 58 valence electrons. The first kappa shape index (κ1) is 6.49. The fourth-order valence-corrected chi connectivity index (χ4v) is 1.23. The second kappa shape index (κ2) is 2.13. The van der Waals surface area contributed by atoms with Crippen LogP contribution in [0, 0.1) is 0 Å². The van der Waals surface area contributed by atoms with E-state index in [4.69, 9.17) is 4.84 Å². The van der Waals surface area contributed by atoms with Crippen molar-refractivity contribution >= 4 is 0 Å². The SMILES string of the molecule is CN1Cc2cccc(O)c2O1. The minimum Gasteiger partial charge on any atom is -0.504 e. The summed E-state index contributed by atoms with van der Waals surface area (Å²) in [6.07, 6.45) is 0. The van der Waals surface area contributed by atoms with Crippen molar-refractivity contribution in [2.24, 2.45) is 0 Å². The standard InChI is InChI=1S/C8H9NO2/c1-9-5-6-3-2-4-7(10)8(6)11-9/h2-4,10H,5H2,1H3. The molecule has 0 bridgehead atoms. The lowest BCUT2D eigenvalue weighted by molar-refractivity contribution is -0.0155. The van der Waals surface area contributed by atoms with Crippen molar-refractivity contribution in [1.82, 2.24) is 5.06 Å². The summed E-state index contributed by atoms with van der Waals surface area (Å²) >= 11 is 0. The van der Waals surface area contributed by atoms with Gasteiger partial charge in [0.05, 0.1) is 6.54 Å². The summed E-state index contributed by atoms with van der Waals surface area (Å²) < 4.78 is 0. The Hall–Kier alpha value is -1.22. The molecule has 3 nitrogen and oxygen atoms in total. The molecule has 0 saturated heterocycles. The molecule has 3 heteroatoms. The molecule has 0 aliphatic carbocycles. The van der Waals surface area contributed by atoms with Gasteiger partial charge in [-0.05, 0) is 6.07 Å². The van der Waals surface area contributed by atoms with Gasteiger partial charge in [0, 0.05) is 12.6 Å². The molecule has 1 N–H and O–H groups in total. The minimum absolute atomic E-state index is 0.215. The van der Waals surface area contributed by atoms with Gasteiger partial charge in [-0.15, -0.1) is 5.06 Å². The fraction of sp³-hybridized carbons (Fsp3) is 0.250. The predicted molar refractivity (Wildman–Crippen MR) is 40.2 cm³/mol. The van der Waals surface area contributed by atoms with Gasteiger partial charge in [-0.1, -0.05) is 12.1 Å². The lowest BCUT2D eigenvalue weighted by atomic mass is 10.2. The Bertz CT molecular complexity index is 285. The third-order valence-electron chi connectivity index (χ3n) is 1.72. The number of hydroxylamine groups is 2. The van der Waals surface area contributed by atoms with Crippen molar-refractivity contribution in [3.05, 3.63) is 23.8 Å². The van der Waals surface area contributed by atoms with Gasteiger partial charge in [0.15, 0.2) is 11.5 Å². The van der Waals surface area contributed by atoms with Crippen LogP contribution in [0.25, 0.3) is 0 Å². The van der Waals surface area contributed by atoms with E-state index in [2.05, 4.69) is 0 Å². The Balaban J connectivity index is 2.49. The van der Waals surface area contributed by atoms with Crippen LogP contribution in [-0.2, 0) is 6.54 Å². The number of fused-ring (bicyclic) bond motifs is 1. The number of aromatic hydroxyl groups is 1. The molecule has 1 aliphatic rings. The molecule has 0 unspecified atom stereocenters. The highest BCUT2D eigenvalue weighted by Gasteiger charge is 2.19.